The molecule has 4 nitrogen and oxygen atoms in total. The van der Waals surface area contributed by atoms with Crippen molar-refractivity contribution in [3.05, 3.63) is 78.5 Å². The second-order valence-electron chi connectivity index (χ2n) is 5.19. The molecule has 0 radical (unpaired) electrons. The lowest BCUT2D eigenvalue weighted by Crippen LogP contribution is -1.79. The van der Waals surface area contributed by atoms with Gasteiger partial charge in [-0.15, -0.1) is 0 Å². The Kier molecular flexibility index (Phi) is 3.41. The first-order valence-electron chi connectivity index (χ1n) is 7.38. The van der Waals surface area contributed by atoms with Crippen LogP contribution < -0.4 is 0 Å². The molecule has 4 aromatic rings. The van der Waals surface area contributed by atoms with Crippen molar-refractivity contribution in [2.24, 2.45) is 0 Å². The fraction of sp³-hybridized carbons (Fsp3) is 0. The summed E-state index contributed by atoms with van der Waals surface area (Å²) < 4.78 is 0. The Morgan fingerprint density at radius 3 is 2.57 bits per heavy atom. The van der Waals surface area contributed by atoms with E-state index in [9.17, 15) is 0 Å². The lowest BCUT2D eigenvalue weighted by molar-refractivity contribution is 1.11. The first-order valence-corrected chi connectivity index (χ1v) is 7.38. The van der Waals surface area contributed by atoms with E-state index < -0.39 is 0 Å². The molecule has 0 aliphatic rings. The van der Waals surface area contributed by atoms with Gasteiger partial charge in [0.25, 0.3) is 0 Å². The monoisotopic (exact) mass is 298 g/mol. The Morgan fingerprint density at radius 1 is 0.826 bits per heavy atom. The molecule has 110 valence electrons. The molecule has 0 spiro atoms. The third kappa shape index (κ3) is 2.74. The molecular weight excluding hydrogens is 284 g/mol. The van der Waals surface area contributed by atoms with Crippen LogP contribution in [-0.4, -0.2) is 20.2 Å². The molecule has 23 heavy (non-hydrogen) atoms. The predicted molar refractivity (Wildman–Crippen MR) is 92.5 cm³/mol. The van der Waals surface area contributed by atoms with Crippen molar-refractivity contribution in [1.29, 1.82) is 0 Å². The van der Waals surface area contributed by atoms with E-state index in [4.69, 9.17) is 0 Å². The Balaban J connectivity index is 1.69. The van der Waals surface area contributed by atoms with Crippen molar-refractivity contribution in [2.45, 2.75) is 0 Å². The summed E-state index contributed by atoms with van der Waals surface area (Å²) >= 11 is 0. The summed E-state index contributed by atoms with van der Waals surface area (Å²) in [6.45, 7) is 0. The molecule has 0 saturated heterocycles. The fourth-order valence-corrected chi connectivity index (χ4v) is 2.53. The molecule has 0 aliphatic carbocycles. The van der Waals surface area contributed by atoms with Crippen molar-refractivity contribution < 1.29 is 0 Å². The second kappa shape index (κ2) is 5.85. The summed E-state index contributed by atoms with van der Waals surface area (Å²) in [7, 11) is 0. The van der Waals surface area contributed by atoms with Crippen LogP contribution in [0.15, 0.2) is 67.1 Å². The average molecular weight is 298 g/mol. The molecule has 0 fully saturated rings. The van der Waals surface area contributed by atoms with Crippen LogP contribution in [-0.2, 0) is 0 Å². The van der Waals surface area contributed by atoms with E-state index in [-0.39, 0.29) is 0 Å². The number of nitrogens with one attached hydrogen (secondary N) is 1. The number of aromatic nitrogens is 4. The molecule has 1 aromatic carbocycles. The van der Waals surface area contributed by atoms with Gasteiger partial charge in [0.2, 0.25) is 0 Å². The summed E-state index contributed by atoms with van der Waals surface area (Å²) in [5.74, 6) is 0. The molecule has 0 bridgehead atoms. The van der Waals surface area contributed by atoms with Gasteiger partial charge in [-0.25, -0.2) is 0 Å². The zero-order valence-electron chi connectivity index (χ0n) is 12.3. The highest BCUT2D eigenvalue weighted by atomic mass is 15.1. The van der Waals surface area contributed by atoms with Gasteiger partial charge in [0.05, 0.1) is 16.9 Å². The van der Waals surface area contributed by atoms with Gasteiger partial charge in [-0.3, -0.25) is 15.1 Å². The number of rotatable bonds is 3. The molecule has 3 heterocycles. The standard InChI is InChI=1S/C19H14N4/c1-2-10-21-16(3-1)5-7-18-17-6-4-15(13-19(17)23-22-18)14-8-11-20-12-9-14/h1-13H,(H,22,23). The number of benzene rings is 1. The predicted octanol–water partition coefficient (Wildman–Crippen LogP) is 4.19. The van der Waals surface area contributed by atoms with Crippen LogP contribution in [0.25, 0.3) is 34.2 Å². The molecule has 4 rings (SSSR count). The number of hydrogen-bond donors (Lipinski definition) is 1. The van der Waals surface area contributed by atoms with Gasteiger partial charge in [0.1, 0.15) is 0 Å². The summed E-state index contributed by atoms with van der Waals surface area (Å²) in [5.41, 5.74) is 5.12. The summed E-state index contributed by atoms with van der Waals surface area (Å²) in [5, 5.41) is 8.58. The van der Waals surface area contributed by atoms with Crippen LogP contribution in [0.4, 0.5) is 0 Å². The van der Waals surface area contributed by atoms with Crippen LogP contribution in [0.3, 0.4) is 0 Å². The first kappa shape index (κ1) is 13.4. The molecule has 0 atom stereocenters. The largest absolute Gasteiger partial charge is 0.277 e. The summed E-state index contributed by atoms with van der Waals surface area (Å²) in [6.07, 6.45) is 9.32. The number of aromatic amines is 1. The van der Waals surface area contributed by atoms with E-state index in [2.05, 4.69) is 38.4 Å². The molecule has 0 aliphatic heterocycles. The lowest BCUT2D eigenvalue weighted by atomic mass is 10.0. The number of fused-ring (bicyclic) bond motifs is 1. The third-order valence-electron chi connectivity index (χ3n) is 3.71. The Bertz CT molecular complexity index is 957. The van der Waals surface area contributed by atoms with E-state index in [1.807, 2.05) is 42.5 Å². The van der Waals surface area contributed by atoms with Gasteiger partial charge in [0.15, 0.2) is 0 Å². The normalized spacial score (nSPS) is 11.3. The number of hydrogen-bond acceptors (Lipinski definition) is 3. The number of pyridine rings is 2. The molecule has 1 N–H and O–H groups in total. The molecule has 0 unspecified atom stereocenters. The fourth-order valence-electron chi connectivity index (χ4n) is 2.53. The topological polar surface area (TPSA) is 54.5 Å². The Morgan fingerprint density at radius 2 is 1.74 bits per heavy atom. The Hall–Kier alpha value is -3.27. The van der Waals surface area contributed by atoms with Crippen molar-refractivity contribution in [2.75, 3.05) is 0 Å². The maximum atomic E-state index is 4.39. The summed E-state index contributed by atoms with van der Waals surface area (Å²) in [6, 6.07) is 16.1. The minimum atomic E-state index is 0.909. The third-order valence-corrected chi connectivity index (χ3v) is 3.71. The van der Waals surface area contributed by atoms with Crippen LogP contribution in [0.2, 0.25) is 0 Å². The minimum Gasteiger partial charge on any atom is -0.277 e. The summed E-state index contributed by atoms with van der Waals surface area (Å²) in [4.78, 5) is 8.34. The highest BCUT2D eigenvalue weighted by Crippen LogP contribution is 2.25. The molecule has 0 saturated carbocycles. The maximum Gasteiger partial charge on any atom is 0.0928 e. The highest BCUT2D eigenvalue weighted by Gasteiger charge is 2.05. The van der Waals surface area contributed by atoms with Crippen LogP contribution in [0.1, 0.15) is 11.4 Å². The van der Waals surface area contributed by atoms with Crippen molar-refractivity contribution >= 4 is 23.1 Å². The average Bonchev–Trinajstić information content (AvgIpc) is 3.04. The molecule has 4 heteroatoms. The van der Waals surface area contributed by atoms with Gasteiger partial charge in [-0.2, -0.15) is 5.10 Å². The van der Waals surface area contributed by atoms with Crippen molar-refractivity contribution in [1.82, 2.24) is 20.2 Å². The first-order chi connectivity index (χ1) is 11.4. The Labute approximate surface area is 133 Å². The maximum absolute atomic E-state index is 4.39. The number of nitrogens with zero attached hydrogens (tertiary/aromatic N) is 3. The molecular formula is C19H14N4. The second-order valence-corrected chi connectivity index (χ2v) is 5.19. The SMILES string of the molecule is C(=Cc1n[nH]c2cc(-c3ccncc3)ccc12)c1ccccn1. The van der Waals surface area contributed by atoms with E-state index in [0.29, 0.717) is 0 Å². The number of H-pyrrole nitrogens is 1. The molecule has 3 aromatic heterocycles. The van der Waals surface area contributed by atoms with Gasteiger partial charge < -0.3 is 0 Å². The smallest absolute Gasteiger partial charge is 0.0928 e. The zero-order valence-corrected chi connectivity index (χ0v) is 12.3. The molecule has 0 amide bonds. The van der Waals surface area contributed by atoms with Gasteiger partial charge in [0, 0.05) is 24.0 Å². The van der Waals surface area contributed by atoms with Crippen LogP contribution in [0.5, 0.6) is 0 Å². The van der Waals surface area contributed by atoms with Gasteiger partial charge in [-0.05, 0) is 59.7 Å². The minimum absolute atomic E-state index is 0.909. The van der Waals surface area contributed by atoms with Gasteiger partial charge >= 0.3 is 0 Å². The van der Waals surface area contributed by atoms with Gasteiger partial charge in [-0.1, -0.05) is 12.1 Å². The van der Waals surface area contributed by atoms with E-state index in [0.717, 1.165) is 33.4 Å². The van der Waals surface area contributed by atoms with E-state index >= 15 is 0 Å². The van der Waals surface area contributed by atoms with Crippen LogP contribution in [0, 0.1) is 0 Å². The van der Waals surface area contributed by atoms with Crippen molar-refractivity contribution in [3.63, 3.8) is 0 Å². The zero-order chi connectivity index (χ0) is 15.5. The van der Waals surface area contributed by atoms with E-state index in [1.54, 1.807) is 18.6 Å². The van der Waals surface area contributed by atoms with Crippen molar-refractivity contribution in [3.8, 4) is 11.1 Å². The quantitative estimate of drug-likeness (QED) is 0.617. The van der Waals surface area contributed by atoms with E-state index in [1.165, 1.54) is 0 Å². The lowest BCUT2D eigenvalue weighted by Gasteiger charge is -2.00. The highest BCUT2D eigenvalue weighted by molar-refractivity contribution is 5.91. The van der Waals surface area contributed by atoms with Crippen LogP contribution >= 0.6 is 0 Å².